The predicted octanol–water partition coefficient (Wildman–Crippen LogP) is 12.6. The topological polar surface area (TPSA) is 24.0 Å². The number of para-hydroxylation sites is 3. The summed E-state index contributed by atoms with van der Waals surface area (Å²) in [7, 11) is 0. The fraction of sp³-hybridized carbons (Fsp3) is 0.0741. The van der Waals surface area contributed by atoms with Gasteiger partial charge in [-0.3, -0.25) is 0 Å². The molecule has 0 saturated carbocycles. The molecule has 0 amide bonds. The highest BCUT2D eigenvalue weighted by molar-refractivity contribution is 7.00. The number of hydrogen-bond acceptors (Lipinski definition) is 3. The normalized spacial score (nSPS) is 13.6. The monoisotopic (exact) mass is 755 g/mol. The van der Waals surface area contributed by atoms with Crippen LogP contribution in [0.5, 0.6) is 0 Å². The molecule has 0 saturated heterocycles. The number of rotatable bonds is 3. The van der Waals surface area contributed by atoms with Gasteiger partial charge in [-0.1, -0.05) is 118 Å². The van der Waals surface area contributed by atoms with Gasteiger partial charge in [0.2, 0.25) is 0 Å². The summed E-state index contributed by atoms with van der Waals surface area (Å²) in [4.78, 5) is 4.93. The molecule has 4 nitrogen and oxygen atoms in total. The van der Waals surface area contributed by atoms with Gasteiger partial charge in [0.25, 0.3) is 6.71 Å². The van der Waals surface area contributed by atoms with Gasteiger partial charge in [0.15, 0.2) is 0 Å². The lowest BCUT2D eigenvalue weighted by Crippen LogP contribution is -2.61. The maximum absolute atomic E-state index is 7.32. The molecule has 5 heterocycles. The minimum atomic E-state index is -0.150. The fourth-order valence-electron chi connectivity index (χ4n) is 10.4. The highest BCUT2D eigenvalue weighted by Gasteiger charge is 2.47. The predicted molar refractivity (Wildman–Crippen MR) is 249 cm³/mol. The molecule has 2 aliphatic heterocycles. The molecule has 5 heteroatoms. The van der Waals surface area contributed by atoms with Crippen LogP contribution in [-0.4, -0.2) is 11.1 Å². The molecule has 2 aliphatic rings. The van der Waals surface area contributed by atoms with Crippen LogP contribution >= 0.6 is 0 Å². The molecule has 3 aromatic heterocycles. The molecular weight excluding hydrogens is 717 g/mol. The lowest BCUT2D eigenvalue weighted by atomic mass is 9.35. The van der Waals surface area contributed by atoms with E-state index >= 15 is 0 Å². The molecular formula is C54H38BN3O. The van der Waals surface area contributed by atoms with E-state index in [2.05, 4.69) is 211 Å². The Kier molecular flexibility index (Phi) is 6.49. The molecule has 0 radical (unpaired) electrons. The van der Waals surface area contributed by atoms with Crippen LogP contribution in [0.15, 0.2) is 180 Å². The van der Waals surface area contributed by atoms with Crippen LogP contribution in [0.4, 0.5) is 34.1 Å². The van der Waals surface area contributed by atoms with Gasteiger partial charge < -0.3 is 18.6 Å². The van der Waals surface area contributed by atoms with Gasteiger partial charge in [0.05, 0.1) is 27.9 Å². The average molecular weight is 756 g/mol. The standard InChI is InChI=1S/C54H38BN3O/c1-54(2,3)35-26-27-39-49(30-35)59-53-52(39)57(37-20-11-6-12-21-37)46-25-15-24-45-50(46)55(53)43-32-47-40(31-48(43)56(45)36-18-9-5-10-19-36)42-29-34(33-16-7-4-8-17-33)28-41-38-22-13-14-23-44(38)58(47)51(41)42/h4-32H,1-3H3. The van der Waals surface area contributed by atoms with Gasteiger partial charge in [-0.05, 0) is 112 Å². The molecule has 8 aromatic carbocycles. The molecule has 0 aliphatic carbocycles. The number of anilines is 6. The largest absolute Gasteiger partial charge is 0.468 e. The summed E-state index contributed by atoms with van der Waals surface area (Å²) in [6.07, 6.45) is 0. The van der Waals surface area contributed by atoms with Crippen LogP contribution in [0.2, 0.25) is 0 Å². The van der Waals surface area contributed by atoms with Crippen molar-refractivity contribution in [1.29, 1.82) is 0 Å². The van der Waals surface area contributed by atoms with Crippen molar-refractivity contribution in [2.24, 2.45) is 0 Å². The van der Waals surface area contributed by atoms with E-state index < -0.39 is 0 Å². The summed E-state index contributed by atoms with van der Waals surface area (Å²) in [5, 5.41) is 6.19. The maximum Gasteiger partial charge on any atom is 0.297 e. The summed E-state index contributed by atoms with van der Waals surface area (Å²) in [6, 6.07) is 64.8. The third kappa shape index (κ3) is 4.45. The summed E-state index contributed by atoms with van der Waals surface area (Å²) < 4.78 is 9.84. The van der Waals surface area contributed by atoms with E-state index in [0.29, 0.717) is 0 Å². The number of furan rings is 1. The van der Waals surface area contributed by atoms with Crippen molar-refractivity contribution in [1.82, 2.24) is 4.40 Å². The van der Waals surface area contributed by atoms with Gasteiger partial charge in [-0.25, -0.2) is 0 Å². The number of fused-ring (bicyclic) bond motifs is 12. The summed E-state index contributed by atoms with van der Waals surface area (Å²) in [5.74, 6) is 0. The molecule has 59 heavy (non-hydrogen) atoms. The molecule has 13 rings (SSSR count). The fourth-order valence-corrected chi connectivity index (χ4v) is 10.4. The Morgan fingerprint density at radius 1 is 0.475 bits per heavy atom. The van der Waals surface area contributed by atoms with Crippen LogP contribution < -0.4 is 26.4 Å². The van der Waals surface area contributed by atoms with Crippen LogP contribution in [0, 0.1) is 0 Å². The zero-order valence-electron chi connectivity index (χ0n) is 33.1. The lowest BCUT2D eigenvalue weighted by molar-refractivity contribution is 0.587. The Bertz CT molecular complexity index is 3490. The van der Waals surface area contributed by atoms with E-state index in [0.717, 1.165) is 33.7 Å². The van der Waals surface area contributed by atoms with E-state index in [1.54, 1.807) is 0 Å². The molecule has 0 N–H and O–H groups in total. The second kappa shape index (κ2) is 11.7. The zero-order chi connectivity index (χ0) is 39.1. The quantitative estimate of drug-likeness (QED) is 0.168. The van der Waals surface area contributed by atoms with Gasteiger partial charge in [-0.2, -0.15) is 0 Å². The van der Waals surface area contributed by atoms with Crippen molar-refractivity contribution >= 4 is 106 Å². The van der Waals surface area contributed by atoms with Crippen LogP contribution in [0.3, 0.4) is 0 Å². The van der Waals surface area contributed by atoms with Crippen molar-refractivity contribution in [2.75, 3.05) is 9.80 Å². The summed E-state index contributed by atoms with van der Waals surface area (Å²) in [5.41, 5.74) is 18.6. The minimum absolute atomic E-state index is 0.0227. The second-order valence-corrected chi connectivity index (χ2v) is 17.3. The highest BCUT2D eigenvalue weighted by atomic mass is 16.3. The van der Waals surface area contributed by atoms with Crippen molar-refractivity contribution in [3.63, 3.8) is 0 Å². The third-order valence-electron chi connectivity index (χ3n) is 13.0. The van der Waals surface area contributed by atoms with Gasteiger partial charge >= 0.3 is 0 Å². The Morgan fingerprint density at radius 2 is 1.12 bits per heavy atom. The minimum Gasteiger partial charge on any atom is -0.468 e. The molecule has 0 bridgehead atoms. The van der Waals surface area contributed by atoms with E-state index in [1.165, 1.54) is 82.8 Å². The zero-order valence-corrected chi connectivity index (χ0v) is 33.1. The van der Waals surface area contributed by atoms with Crippen molar-refractivity contribution < 1.29 is 4.42 Å². The second-order valence-electron chi connectivity index (χ2n) is 17.3. The Morgan fingerprint density at radius 3 is 1.85 bits per heavy atom. The lowest BCUT2D eigenvalue weighted by Gasteiger charge is -2.42. The number of hydrogen-bond donors (Lipinski definition) is 0. The van der Waals surface area contributed by atoms with E-state index in [4.69, 9.17) is 4.42 Å². The van der Waals surface area contributed by atoms with Crippen LogP contribution in [-0.2, 0) is 5.41 Å². The van der Waals surface area contributed by atoms with Crippen LogP contribution in [0.1, 0.15) is 26.3 Å². The number of aromatic nitrogens is 1. The summed E-state index contributed by atoms with van der Waals surface area (Å²) >= 11 is 0. The van der Waals surface area contributed by atoms with E-state index in [9.17, 15) is 0 Å². The first-order valence-corrected chi connectivity index (χ1v) is 20.6. The average Bonchev–Trinajstić information content (AvgIpc) is 3.93. The Balaban J connectivity index is 1.18. The molecule has 0 fully saturated rings. The number of nitrogens with zero attached hydrogens (tertiary/aromatic N) is 3. The van der Waals surface area contributed by atoms with Crippen molar-refractivity contribution in [3.8, 4) is 11.1 Å². The smallest absolute Gasteiger partial charge is 0.297 e. The Labute approximate surface area is 342 Å². The Hall–Kier alpha value is -7.24. The first kappa shape index (κ1) is 32.8. The van der Waals surface area contributed by atoms with E-state index in [-0.39, 0.29) is 12.1 Å². The van der Waals surface area contributed by atoms with Crippen molar-refractivity contribution in [2.45, 2.75) is 26.2 Å². The molecule has 0 spiro atoms. The van der Waals surface area contributed by atoms with Gasteiger partial charge in [0.1, 0.15) is 5.58 Å². The molecule has 0 atom stereocenters. The van der Waals surface area contributed by atoms with Crippen molar-refractivity contribution in [3.05, 3.63) is 181 Å². The van der Waals surface area contributed by atoms with Crippen LogP contribution in [0.25, 0.3) is 60.2 Å². The molecule has 11 aromatic rings. The number of benzene rings is 8. The van der Waals surface area contributed by atoms with Gasteiger partial charge in [0, 0.05) is 55.4 Å². The molecule has 278 valence electrons. The third-order valence-corrected chi connectivity index (χ3v) is 13.0. The molecule has 0 unspecified atom stereocenters. The summed E-state index contributed by atoms with van der Waals surface area (Å²) in [6.45, 7) is 6.67. The highest BCUT2D eigenvalue weighted by Crippen LogP contribution is 2.49. The van der Waals surface area contributed by atoms with E-state index in [1.807, 2.05) is 0 Å². The first-order valence-electron chi connectivity index (χ1n) is 20.6. The SMILES string of the molecule is CC(C)(C)c1ccc2c3c(oc2c1)B1c2cc4c(cc2N(c2ccccc2)c2cccc(c21)N3c1ccccc1)c1cc(-c2ccccc2)cc2c3ccccc3n4c21. The van der Waals surface area contributed by atoms with Gasteiger partial charge in [-0.15, -0.1) is 0 Å². The first-order chi connectivity index (χ1) is 28.9. The maximum atomic E-state index is 7.32.